The normalized spacial score (nSPS) is 14.2. The van der Waals surface area contributed by atoms with Crippen molar-refractivity contribution in [2.45, 2.75) is 4.90 Å². The van der Waals surface area contributed by atoms with Gasteiger partial charge in [0.25, 0.3) is 11.6 Å². The Labute approximate surface area is 182 Å². The Morgan fingerprint density at radius 2 is 1.62 bits per heavy atom. The lowest BCUT2D eigenvalue weighted by Gasteiger charge is -2.35. The number of nitro benzene ring substituents is 2. The number of amides is 1. The first-order chi connectivity index (χ1) is 15.1. The number of primary sulfonamides is 1. The smallest absolute Gasteiger partial charge is 0.312 e. The minimum absolute atomic E-state index is 0.0224. The number of sulfonamides is 1. The molecule has 13 nitrogen and oxygen atoms in total. The van der Waals surface area contributed by atoms with Crippen molar-refractivity contribution in [3.63, 3.8) is 0 Å². The number of carbonyl (C=O) groups is 1. The largest absolute Gasteiger partial charge is 0.477 e. The highest BCUT2D eigenvalue weighted by Gasteiger charge is 2.26. The summed E-state index contributed by atoms with van der Waals surface area (Å²) >= 11 is 0. The van der Waals surface area contributed by atoms with Gasteiger partial charge in [-0.25, -0.2) is 13.6 Å². The van der Waals surface area contributed by atoms with Crippen LogP contribution in [0.5, 0.6) is 5.75 Å². The minimum atomic E-state index is -4.14. The number of hydrogen-bond donors (Lipinski definition) is 1. The molecule has 14 heteroatoms. The molecule has 0 aromatic heterocycles. The minimum Gasteiger partial charge on any atom is -0.477 e. The molecule has 2 aromatic carbocycles. The number of hydrogen-bond acceptors (Lipinski definition) is 9. The van der Waals surface area contributed by atoms with Gasteiger partial charge < -0.3 is 14.5 Å². The van der Waals surface area contributed by atoms with Crippen molar-refractivity contribution in [3.05, 3.63) is 62.7 Å². The lowest BCUT2D eigenvalue weighted by atomic mass is 10.2. The predicted octanol–water partition coefficient (Wildman–Crippen LogP) is 0.878. The van der Waals surface area contributed by atoms with Crippen molar-refractivity contribution in [2.24, 2.45) is 5.14 Å². The molecule has 1 aliphatic rings. The maximum atomic E-state index is 12.5. The highest BCUT2D eigenvalue weighted by atomic mass is 32.2. The van der Waals surface area contributed by atoms with Gasteiger partial charge in [-0.15, -0.1) is 0 Å². The number of benzene rings is 2. The van der Waals surface area contributed by atoms with E-state index in [9.17, 15) is 33.4 Å². The first-order valence-electron chi connectivity index (χ1n) is 9.28. The summed E-state index contributed by atoms with van der Waals surface area (Å²) in [7, 11) is -4.14. The van der Waals surface area contributed by atoms with Crippen LogP contribution < -0.4 is 14.8 Å². The standard InChI is InChI=1S/C18H19N5O8S/c19-32(29,30)13-5-6-17(16(11-13)23(27)28)31-12-18(24)21-9-7-20(8-10-21)14-3-1-2-4-15(14)22(25)26/h1-6,11H,7-10,12H2,(H2,19,29,30). The first kappa shape index (κ1) is 22.9. The van der Waals surface area contributed by atoms with E-state index in [0.717, 1.165) is 18.2 Å². The molecule has 0 unspecified atom stereocenters. The summed E-state index contributed by atoms with van der Waals surface area (Å²) in [4.78, 5) is 36.5. The zero-order chi connectivity index (χ0) is 23.5. The molecule has 2 N–H and O–H groups in total. The topological polar surface area (TPSA) is 179 Å². The van der Waals surface area contributed by atoms with Gasteiger partial charge in [0.1, 0.15) is 5.69 Å². The van der Waals surface area contributed by atoms with Crippen molar-refractivity contribution in [1.82, 2.24) is 4.90 Å². The molecule has 0 bridgehead atoms. The maximum Gasteiger partial charge on any atom is 0.312 e. The number of para-hydroxylation sites is 2. The van der Waals surface area contributed by atoms with Gasteiger partial charge >= 0.3 is 5.69 Å². The van der Waals surface area contributed by atoms with Crippen LogP contribution in [-0.2, 0) is 14.8 Å². The van der Waals surface area contributed by atoms with Crippen molar-refractivity contribution in [3.8, 4) is 5.75 Å². The van der Waals surface area contributed by atoms with Crippen molar-refractivity contribution in [2.75, 3.05) is 37.7 Å². The number of rotatable bonds is 7. The molecule has 1 fully saturated rings. The van der Waals surface area contributed by atoms with Crippen LogP contribution in [0.4, 0.5) is 17.1 Å². The Morgan fingerprint density at radius 1 is 1.00 bits per heavy atom. The second kappa shape index (κ2) is 9.15. The van der Waals surface area contributed by atoms with Crippen LogP contribution in [0, 0.1) is 20.2 Å². The van der Waals surface area contributed by atoms with Gasteiger partial charge in [-0.3, -0.25) is 25.0 Å². The third-order valence-electron chi connectivity index (χ3n) is 4.86. The quantitative estimate of drug-likeness (QED) is 0.458. The Morgan fingerprint density at radius 3 is 2.22 bits per heavy atom. The molecule has 0 atom stereocenters. The summed E-state index contributed by atoms with van der Waals surface area (Å²) in [5, 5.41) is 27.4. The van der Waals surface area contributed by atoms with E-state index in [1.807, 2.05) is 0 Å². The molecule has 3 rings (SSSR count). The molecule has 1 amide bonds. The highest BCUT2D eigenvalue weighted by molar-refractivity contribution is 7.89. The lowest BCUT2D eigenvalue weighted by Crippen LogP contribution is -2.50. The number of piperazine rings is 1. The van der Waals surface area contributed by atoms with Gasteiger partial charge in [0.2, 0.25) is 10.0 Å². The molecule has 1 aliphatic heterocycles. The van der Waals surface area contributed by atoms with Gasteiger partial charge in [0.15, 0.2) is 12.4 Å². The van der Waals surface area contributed by atoms with E-state index in [0.29, 0.717) is 18.8 Å². The van der Waals surface area contributed by atoms with E-state index < -0.39 is 43.0 Å². The fourth-order valence-electron chi connectivity index (χ4n) is 3.25. The van der Waals surface area contributed by atoms with Gasteiger partial charge in [-0.1, -0.05) is 12.1 Å². The number of ether oxygens (including phenoxy) is 1. The molecule has 1 heterocycles. The average molecular weight is 465 g/mol. The summed E-state index contributed by atoms with van der Waals surface area (Å²) in [5.41, 5.74) is -0.192. The number of nitro groups is 2. The number of nitrogens with two attached hydrogens (primary N) is 1. The Kier molecular flexibility index (Phi) is 6.55. The Balaban J connectivity index is 1.63. The van der Waals surface area contributed by atoms with Crippen molar-refractivity contribution < 1.29 is 27.8 Å². The maximum absolute atomic E-state index is 12.5. The molecule has 0 saturated carbocycles. The first-order valence-corrected chi connectivity index (χ1v) is 10.8. The molecule has 1 saturated heterocycles. The Bertz CT molecular complexity index is 1160. The van der Waals surface area contributed by atoms with Gasteiger partial charge in [0, 0.05) is 38.3 Å². The SMILES string of the molecule is NS(=O)(=O)c1ccc(OCC(=O)N2CCN(c3ccccc3[N+](=O)[O-])CC2)c([N+](=O)[O-])c1. The number of anilines is 1. The lowest BCUT2D eigenvalue weighted by molar-refractivity contribution is -0.386. The predicted molar refractivity (Wildman–Crippen MR) is 112 cm³/mol. The fraction of sp³-hybridized carbons (Fsp3) is 0.278. The van der Waals surface area contributed by atoms with E-state index in [4.69, 9.17) is 9.88 Å². The van der Waals surface area contributed by atoms with Gasteiger partial charge in [-0.2, -0.15) is 0 Å². The van der Waals surface area contributed by atoms with Crippen LogP contribution in [0.25, 0.3) is 0 Å². The third-order valence-corrected chi connectivity index (χ3v) is 5.77. The molecular formula is C18H19N5O8S. The van der Waals surface area contributed by atoms with Crippen LogP contribution in [0.1, 0.15) is 0 Å². The van der Waals surface area contributed by atoms with Crippen molar-refractivity contribution in [1.29, 1.82) is 0 Å². The molecule has 0 spiro atoms. The van der Waals surface area contributed by atoms with Crippen LogP contribution >= 0.6 is 0 Å². The van der Waals surface area contributed by atoms with Crippen LogP contribution in [0.15, 0.2) is 47.4 Å². The second-order valence-electron chi connectivity index (χ2n) is 6.83. The molecule has 0 radical (unpaired) electrons. The number of carbonyl (C=O) groups excluding carboxylic acids is 1. The third kappa shape index (κ3) is 5.09. The van der Waals surface area contributed by atoms with Crippen molar-refractivity contribution >= 4 is 33.0 Å². The summed E-state index contributed by atoms with van der Waals surface area (Å²) in [5.74, 6) is -0.702. The monoisotopic (exact) mass is 465 g/mol. The summed E-state index contributed by atoms with van der Waals surface area (Å²) in [6.45, 7) is 0.780. The average Bonchev–Trinajstić information content (AvgIpc) is 2.76. The molecule has 32 heavy (non-hydrogen) atoms. The van der Waals surface area contributed by atoms with E-state index in [-0.39, 0.29) is 24.5 Å². The van der Waals surface area contributed by atoms with E-state index >= 15 is 0 Å². The molecule has 170 valence electrons. The molecule has 0 aliphatic carbocycles. The molecular weight excluding hydrogens is 446 g/mol. The van der Waals surface area contributed by atoms with Crippen LogP contribution in [-0.4, -0.2) is 61.9 Å². The van der Waals surface area contributed by atoms with Gasteiger partial charge in [0.05, 0.1) is 14.7 Å². The Hall–Kier alpha value is -3.78. The van der Waals surface area contributed by atoms with E-state index in [1.54, 1.807) is 23.1 Å². The fourth-order valence-corrected chi connectivity index (χ4v) is 3.79. The molecule has 2 aromatic rings. The summed E-state index contributed by atoms with van der Waals surface area (Å²) in [6, 6.07) is 9.21. The highest BCUT2D eigenvalue weighted by Crippen LogP contribution is 2.30. The van der Waals surface area contributed by atoms with Gasteiger partial charge in [-0.05, 0) is 18.2 Å². The second-order valence-corrected chi connectivity index (χ2v) is 8.40. The summed E-state index contributed by atoms with van der Waals surface area (Å²) in [6.07, 6.45) is 0. The van der Waals surface area contributed by atoms with Crippen LogP contribution in [0.3, 0.4) is 0 Å². The summed E-state index contributed by atoms with van der Waals surface area (Å²) < 4.78 is 28.1. The number of nitrogens with zero attached hydrogens (tertiary/aromatic N) is 4. The zero-order valence-electron chi connectivity index (χ0n) is 16.6. The van der Waals surface area contributed by atoms with Crippen LogP contribution in [0.2, 0.25) is 0 Å². The van der Waals surface area contributed by atoms with E-state index in [2.05, 4.69) is 0 Å². The zero-order valence-corrected chi connectivity index (χ0v) is 17.4. The van der Waals surface area contributed by atoms with E-state index in [1.165, 1.54) is 11.0 Å².